The van der Waals surface area contributed by atoms with Crippen molar-refractivity contribution in [2.45, 2.75) is 38.1 Å². The number of hydrogen-bond donors (Lipinski definition) is 2. The largest absolute Gasteiger partial charge is 0.480 e. The third kappa shape index (κ3) is 4.16. The van der Waals surface area contributed by atoms with Gasteiger partial charge in [-0.1, -0.05) is 0 Å². The maximum atomic E-state index is 11.2. The number of nitrogens with zero attached hydrogens (tertiary/aromatic N) is 2. The van der Waals surface area contributed by atoms with Crippen LogP contribution in [0.4, 0.5) is 0 Å². The Morgan fingerprint density at radius 1 is 1.21 bits per heavy atom. The zero-order valence-electron chi connectivity index (χ0n) is 11.8. The molecule has 0 saturated carbocycles. The van der Waals surface area contributed by atoms with Gasteiger partial charge in [0.1, 0.15) is 6.04 Å². The van der Waals surface area contributed by atoms with Gasteiger partial charge in [-0.15, -0.1) is 0 Å². The normalized spacial score (nSPS) is 24.7. The highest BCUT2D eigenvalue weighted by Gasteiger charge is 2.29. The molecule has 0 amide bonds. The molecule has 2 saturated heterocycles. The average molecular weight is 269 g/mol. The molecule has 0 spiro atoms. The van der Waals surface area contributed by atoms with Crippen LogP contribution in [0.5, 0.6) is 0 Å². The summed E-state index contributed by atoms with van der Waals surface area (Å²) in [7, 11) is 0. The summed E-state index contributed by atoms with van der Waals surface area (Å²) in [5, 5.41) is 9.25. The van der Waals surface area contributed by atoms with Gasteiger partial charge in [-0.3, -0.25) is 9.69 Å². The zero-order valence-corrected chi connectivity index (χ0v) is 11.8. The molecule has 1 unspecified atom stereocenters. The van der Waals surface area contributed by atoms with Crippen LogP contribution in [0.15, 0.2) is 0 Å². The SMILES string of the molecule is NCCC(C(=O)O)N1CCC(CN2CCCC2)CC1. The van der Waals surface area contributed by atoms with Crippen molar-refractivity contribution >= 4 is 5.97 Å². The number of piperidine rings is 1. The van der Waals surface area contributed by atoms with Gasteiger partial charge in [0.25, 0.3) is 0 Å². The van der Waals surface area contributed by atoms with Crippen LogP contribution in [-0.2, 0) is 4.79 Å². The van der Waals surface area contributed by atoms with E-state index in [1.807, 2.05) is 0 Å². The lowest BCUT2D eigenvalue weighted by Crippen LogP contribution is -2.47. The molecule has 0 radical (unpaired) electrons. The molecule has 0 aromatic rings. The first-order valence-electron chi connectivity index (χ1n) is 7.60. The second-order valence-electron chi connectivity index (χ2n) is 5.92. The van der Waals surface area contributed by atoms with Crippen LogP contribution in [0.1, 0.15) is 32.1 Å². The van der Waals surface area contributed by atoms with Crippen molar-refractivity contribution < 1.29 is 9.90 Å². The molecule has 2 aliphatic heterocycles. The van der Waals surface area contributed by atoms with Crippen molar-refractivity contribution in [2.75, 3.05) is 39.3 Å². The van der Waals surface area contributed by atoms with Gasteiger partial charge < -0.3 is 15.7 Å². The Kier molecular flexibility index (Phi) is 5.60. The van der Waals surface area contributed by atoms with Crippen molar-refractivity contribution in [3.05, 3.63) is 0 Å². The van der Waals surface area contributed by atoms with Crippen LogP contribution < -0.4 is 5.73 Å². The Bertz CT molecular complexity index is 284. The number of nitrogens with two attached hydrogens (primary N) is 1. The van der Waals surface area contributed by atoms with Gasteiger partial charge in [-0.2, -0.15) is 0 Å². The fourth-order valence-corrected chi connectivity index (χ4v) is 3.40. The Morgan fingerprint density at radius 2 is 1.84 bits per heavy atom. The summed E-state index contributed by atoms with van der Waals surface area (Å²) in [6, 6.07) is -0.377. The number of rotatable bonds is 6. The van der Waals surface area contributed by atoms with Crippen molar-refractivity contribution in [1.82, 2.24) is 9.80 Å². The van der Waals surface area contributed by atoms with Crippen molar-refractivity contribution in [2.24, 2.45) is 11.7 Å². The molecule has 2 aliphatic rings. The molecule has 0 bridgehead atoms. The summed E-state index contributed by atoms with van der Waals surface area (Å²) in [5.41, 5.74) is 5.51. The smallest absolute Gasteiger partial charge is 0.320 e. The van der Waals surface area contributed by atoms with E-state index in [4.69, 9.17) is 5.73 Å². The summed E-state index contributed by atoms with van der Waals surface area (Å²) in [5.74, 6) is 0.0325. The monoisotopic (exact) mass is 269 g/mol. The van der Waals surface area contributed by atoms with Gasteiger partial charge in [-0.25, -0.2) is 0 Å². The maximum absolute atomic E-state index is 11.2. The quantitative estimate of drug-likeness (QED) is 0.739. The van der Waals surface area contributed by atoms with Crippen LogP contribution in [0.25, 0.3) is 0 Å². The highest BCUT2D eigenvalue weighted by atomic mass is 16.4. The first-order valence-corrected chi connectivity index (χ1v) is 7.60. The molecule has 0 aliphatic carbocycles. The molecule has 5 heteroatoms. The van der Waals surface area contributed by atoms with Gasteiger partial charge in [0.05, 0.1) is 0 Å². The average Bonchev–Trinajstić information content (AvgIpc) is 2.90. The molecule has 110 valence electrons. The van der Waals surface area contributed by atoms with E-state index in [9.17, 15) is 9.90 Å². The van der Waals surface area contributed by atoms with E-state index in [0.29, 0.717) is 13.0 Å². The zero-order chi connectivity index (χ0) is 13.7. The third-order valence-electron chi connectivity index (χ3n) is 4.53. The van der Waals surface area contributed by atoms with E-state index in [-0.39, 0.29) is 6.04 Å². The minimum absolute atomic E-state index is 0.377. The van der Waals surface area contributed by atoms with E-state index < -0.39 is 5.97 Å². The minimum atomic E-state index is -0.719. The van der Waals surface area contributed by atoms with Gasteiger partial charge >= 0.3 is 5.97 Å². The molecule has 2 rings (SSSR count). The molecule has 0 aromatic heterocycles. The second-order valence-corrected chi connectivity index (χ2v) is 5.92. The number of carboxylic acid groups (broad SMARTS) is 1. The summed E-state index contributed by atoms with van der Waals surface area (Å²) < 4.78 is 0. The van der Waals surface area contributed by atoms with Gasteiger partial charge in [0, 0.05) is 6.54 Å². The van der Waals surface area contributed by atoms with E-state index in [0.717, 1.165) is 31.8 Å². The van der Waals surface area contributed by atoms with Crippen molar-refractivity contribution in [1.29, 1.82) is 0 Å². The van der Waals surface area contributed by atoms with E-state index in [1.165, 1.54) is 32.5 Å². The molecule has 3 N–H and O–H groups in total. The fourth-order valence-electron chi connectivity index (χ4n) is 3.40. The van der Waals surface area contributed by atoms with E-state index in [1.54, 1.807) is 0 Å². The Hall–Kier alpha value is -0.650. The molecule has 0 aromatic carbocycles. The number of aliphatic carboxylic acids is 1. The lowest BCUT2D eigenvalue weighted by molar-refractivity contribution is -0.144. The number of hydrogen-bond acceptors (Lipinski definition) is 4. The summed E-state index contributed by atoms with van der Waals surface area (Å²) in [6.07, 6.45) is 5.51. The number of likely N-dealkylation sites (tertiary alicyclic amines) is 2. The van der Waals surface area contributed by atoms with Gasteiger partial charge in [-0.05, 0) is 70.7 Å². The van der Waals surface area contributed by atoms with Crippen LogP contribution in [0, 0.1) is 5.92 Å². The Balaban J connectivity index is 1.75. The highest BCUT2D eigenvalue weighted by molar-refractivity contribution is 5.73. The molecule has 2 fully saturated rings. The lowest BCUT2D eigenvalue weighted by Gasteiger charge is -2.36. The van der Waals surface area contributed by atoms with Crippen molar-refractivity contribution in [3.63, 3.8) is 0 Å². The minimum Gasteiger partial charge on any atom is -0.480 e. The predicted octanol–water partition coefficient (Wildman–Crippen LogP) is 0.596. The highest BCUT2D eigenvalue weighted by Crippen LogP contribution is 2.22. The topological polar surface area (TPSA) is 69.8 Å². The van der Waals surface area contributed by atoms with Gasteiger partial charge in [0.15, 0.2) is 0 Å². The fraction of sp³-hybridized carbons (Fsp3) is 0.929. The van der Waals surface area contributed by atoms with Crippen LogP contribution >= 0.6 is 0 Å². The Morgan fingerprint density at radius 3 is 2.37 bits per heavy atom. The van der Waals surface area contributed by atoms with E-state index in [2.05, 4.69) is 9.80 Å². The van der Waals surface area contributed by atoms with Crippen LogP contribution in [0.2, 0.25) is 0 Å². The molecule has 1 atom stereocenters. The molecule has 19 heavy (non-hydrogen) atoms. The van der Waals surface area contributed by atoms with Crippen molar-refractivity contribution in [3.8, 4) is 0 Å². The first kappa shape index (κ1) is 14.8. The third-order valence-corrected chi connectivity index (χ3v) is 4.53. The number of carboxylic acids is 1. The summed E-state index contributed by atoms with van der Waals surface area (Å²) in [6.45, 7) is 5.99. The van der Waals surface area contributed by atoms with Gasteiger partial charge in [0.2, 0.25) is 0 Å². The second kappa shape index (κ2) is 7.22. The molecular formula is C14H27N3O2. The number of carbonyl (C=O) groups is 1. The molecular weight excluding hydrogens is 242 g/mol. The predicted molar refractivity (Wildman–Crippen MR) is 75.1 cm³/mol. The van der Waals surface area contributed by atoms with E-state index >= 15 is 0 Å². The van der Waals surface area contributed by atoms with Crippen LogP contribution in [0.3, 0.4) is 0 Å². The maximum Gasteiger partial charge on any atom is 0.320 e. The summed E-state index contributed by atoms with van der Waals surface area (Å²) >= 11 is 0. The summed E-state index contributed by atoms with van der Waals surface area (Å²) in [4.78, 5) is 15.9. The lowest BCUT2D eigenvalue weighted by atomic mass is 9.94. The standard InChI is InChI=1S/C14H27N3O2/c15-6-3-13(14(18)19)17-9-4-12(5-10-17)11-16-7-1-2-8-16/h12-13H,1-11,15H2,(H,18,19). The molecule has 5 nitrogen and oxygen atoms in total. The Labute approximate surface area is 115 Å². The first-order chi connectivity index (χ1) is 9.20. The van der Waals surface area contributed by atoms with Crippen LogP contribution in [-0.4, -0.2) is 66.2 Å². The molecule has 2 heterocycles.